The molecular formula is C16H20N2O2. The first-order valence-electron chi connectivity index (χ1n) is 7.09. The number of anilines is 1. The van der Waals surface area contributed by atoms with E-state index in [2.05, 4.69) is 17.2 Å². The number of nitrogens with one attached hydrogen (secondary N) is 1. The third-order valence-corrected chi connectivity index (χ3v) is 3.28. The van der Waals surface area contributed by atoms with Crippen molar-refractivity contribution in [2.75, 3.05) is 11.9 Å². The third-order valence-electron chi connectivity index (χ3n) is 3.28. The van der Waals surface area contributed by atoms with Crippen LogP contribution in [0.4, 0.5) is 5.82 Å². The van der Waals surface area contributed by atoms with Crippen molar-refractivity contribution in [3.8, 4) is 0 Å². The summed E-state index contributed by atoms with van der Waals surface area (Å²) in [5.41, 5.74) is 1.05. The van der Waals surface area contributed by atoms with Gasteiger partial charge in [-0.15, -0.1) is 0 Å². The highest BCUT2D eigenvalue weighted by Crippen LogP contribution is 2.20. The lowest BCUT2D eigenvalue weighted by molar-refractivity contribution is 0.0698. The van der Waals surface area contributed by atoms with E-state index in [0.29, 0.717) is 5.82 Å². The minimum Gasteiger partial charge on any atom is -0.478 e. The maximum absolute atomic E-state index is 11.3. The van der Waals surface area contributed by atoms with Crippen LogP contribution in [0.5, 0.6) is 0 Å². The molecule has 1 aromatic heterocycles. The van der Waals surface area contributed by atoms with Gasteiger partial charge in [-0.1, -0.05) is 44.4 Å². The maximum Gasteiger partial charge on any atom is 0.339 e. The second-order valence-corrected chi connectivity index (χ2v) is 4.87. The van der Waals surface area contributed by atoms with Crippen molar-refractivity contribution >= 4 is 22.7 Å². The van der Waals surface area contributed by atoms with E-state index >= 15 is 0 Å². The number of pyridine rings is 1. The third kappa shape index (κ3) is 3.47. The Labute approximate surface area is 118 Å². The van der Waals surface area contributed by atoms with Gasteiger partial charge in [-0.05, 0) is 18.6 Å². The van der Waals surface area contributed by atoms with Gasteiger partial charge in [0.05, 0.1) is 5.52 Å². The van der Waals surface area contributed by atoms with Crippen molar-refractivity contribution in [3.63, 3.8) is 0 Å². The van der Waals surface area contributed by atoms with Crippen LogP contribution < -0.4 is 5.32 Å². The molecule has 20 heavy (non-hydrogen) atoms. The van der Waals surface area contributed by atoms with E-state index in [9.17, 15) is 9.90 Å². The zero-order valence-electron chi connectivity index (χ0n) is 11.7. The van der Waals surface area contributed by atoms with Crippen LogP contribution in [0.1, 0.15) is 43.0 Å². The Bertz CT molecular complexity index is 596. The number of unbranched alkanes of at least 4 members (excludes halogenated alkanes) is 3. The molecule has 0 aliphatic rings. The largest absolute Gasteiger partial charge is 0.478 e. The van der Waals surface area contributed by atoms with Crippen LogP contribution in [0, 0.1) is 0 Å². The summed E-state index contributed by atoms with van der Waals surface area (Å²) >= 11 is 0. The lowest BCUT2D eigenvalue weighted by atomic mass is 10.1. The number of carbonyl (C=O) groups is 1. The molecule has 106 valence electrons. The lowest BCUT2D eigenvalue weighted by Gasteiger charge is -2.10. The second-order valence-electron chi connectivity index (χ2n) is 4.87. The standard InChI is InChI=1S/C16H20N2O2/c1-2-3-4-7-10-17-15-13(16(19)20)11-12-8-5-6-9-14(12)18-15/h5-6,8-9,11H,2-4,7,10H2,1H3,(H,17,18)(H,19,20). The first-order valence-corrected chi connectivity index (χ1v) is 7.09. The Morgan fingerprint density at radius 2 is 2.05 bits per heavy atom. The molecule has 0 saturated heterocycles. The normalized spacial score (nSPS) is 10.7. The molecule has 0 radical (unpaired) electrons. The van der Waals surface area contributed by atoms with E-state index in [1.807, 2.05) is 24.3 Å². The Morgan fingerprint density at radius 3 is 2.80 bits per heavy atom. The number of hydrogen-bond donors (Lipinski definition) is 2. The zero-order chi connectivity index (χ0) is 14.4. The summed E-state index contributed by atoms with van der Waals surface area (Å²) in [5.74, 6) is -0.480. The smallest absolute Gasteiger partial charge is 0.339 e. The number of carboxylic acid groups (broad SMARTS) is 1. The average molecular weight is 272 g/mol. The van der Waals surface area contributed by atoms with Crippen molar-refractivity contribution in [1.29, 1.82) is 0 Å². The van der Waals surface area contributed by atoms with Gasteiger partial charge in [0, 0.05) is 11.9 Å². The van der Waals surface area contributed by atoms with Crippen molar-refractivity contribution in [3.05, 3.63) is 35.9 Å². The number of aromatic nitrogens is 1. The Morgan fingerprint density at radius 1 is 1.25 bits per heavy atom. The van der Waals surface area contributed by atoms with E-state index in [-0.39, 0.29) is 5.56 Å². The van der Waals surface area contributed by atoms with Crippen LogP contribution in [0.3, 0.4) is 0 Å². The molecule has 2 rings (SSSR count). The number of carboxylic acids is 1. The highest BCUT2D eigenvalue weighted by atomic mass is 16.4. The van der Waals surface area contributed by atoms with Crippen LogP contribution >= 0.6 is 0 Å². The van der Waals surface area contributed by atoms with E-state index < -0.39 is 5.97 Å². The predicted molar refractivity (Wildman–Crippen MR) is 81.3 cm³/mol. The summed E-state index contributed by atoms with van der Waals surface area (Å²) in [4.78, 5) is 15.7. The summed E-state index contributed by atoms with van der Waals surface area (Å²) in [6.07, 6.45) is 4.58. The quantitative estimate of drug-likeness (QED) is 0.750. The summed E-state index contributed by atoms with van der Waals surface area (Å²) in [6, 6.07) is 9.23. The molecule has 0 fully saturated rings. The van der Waals surface area contributed by atoms with Gasteiger partial charge in [0.2, 0.25) is 0 Å². The molecule has 4 nitrogen and oxygen atoms in total. The monoisotopic (exact) mass is 272 g/mol. The highest BCUT2D eigenvalue weighted by molar-refractivity contribution is 5.98. The lowest BCUT2D eigenvalue weighted by Crippen LogP contribution is -2.09. The predicted octanol–water partition coefficient (Wildman–Crippen LogP) is 3.93. The van der Waals surface area contributed by atoms with Crippen molar-refractivity contribution in [2.45, 2.75) is 32.6 Å². The van der Waals surface area contributed by atoms with Crippen LogP contribution in [0.15, 0.2) is 30.3 Å². The maximum atomic E-state index is 11.3. The fourth-order valence-electron chi connectivity index (χ4n) is 2.17. The Balaban J connectivity index is 2.17. The molecule has 0 saturated carbocycles. The first-order chi connectivity index (χ1) is 9.72. The summed E-state index contributed by atoms with van der Waals surface area (Å²) in [5, 5.41) is 13.3. The van der Waals surface area contributed by atoms with Gasteiger partial charge in [-0.2, -0.15) is 0 Å². The summed E-state index contributed by atoms with van der Waals surface area (Å²) in [6.45, 7) is 2.92. The molecule has 2 aromatic rings. The van der Waals surface area contributed by atoms with Crippen LogP contribution in [-0.2, 0) is 0 Å². The van der Waals surface area contributed by atoms with Gasteiger partial charge in [-0.3, -0.25) is 0 Å². The minimum absolute atomic E-state index is 0.235. The van der Waals surface area contributed by atoms with Crippen molar-refractivity contribution in [2.24, 2.45) is 0 Å². The Kier molecular flexibility index (Phi) is 4.93. The van der Waals surface area contributed by atoms with Gasteiger partial charge in [-0.25, -0.2) is 9.78 Å². The number of rotatable bonds is 7. The molecule has 4 heteroatoms. The van der Waals surface area contributed by atoms with Crippen LogP contribution in [0.2, 0.25) is 0 Å². The van der Waals surface area contributed by atoms with Crippen LogP contribution in [-0.4, -0.2) is 22.6 Å². The molecule has 0 spiro atoms. The average Bonchev–Trinajstić information content (AvgIpc) is 2.46. The summed E-state index contributed by atoms with van der Waals surface area (Å²) < 4.78 is 0. The summed E-state index contributed by atoms with van der Waals surface area (Å²) in [7, 11) is 0. The molecule has 0 amide bonds. The van der Waals surface area contributed by atoms with Gasteiger partial charge in [0.1, 0.15) is 11.4 Å². The van der Waals surface area contributed by atoms with Crippen molar-refractivity contribution < 1.29 is 9.90 Å². The number of aromatic carboxylic acids is 1. The van der Waals surface area contributed by atoms with E-state index in [0.717, 1.165) is 30.3 Å². The highest BCUT2D eigenvalue weighted by Gasteiger charge is 2.12. The number of para-hydroxylation sites is 1. The minimum atomic E-state index is -0.945. The van der Waals surface area contributed by atoms with E-state index in [1.165, 1.54) is 12.8 Å². The number of benzene rings is 1. The molecule has 0 aliphatic carbocycles. The van der Waals surface area contributed by atoms with Gasteiger partial charge < -0.3 is 10.4 Å². The SMILES string of the molecule is CCCCCCNc1nc2ccccc2cc1C(=O)O. The van der Waals surface area contributed by atoms with Gasteiger partial charge in [0.15, 0.2) is 0 Å². The molecule has 0 bridgehead atoms. The number of fused-ring (bicyclic) bond motifs is 1. The van der Waals surface area contributed by atoms with Crippen molar-refractivity contribution in [1.82, 2.24) is 4.98 Å². The molecule has 1 aromatic carbocycles. The molecular weight excluding hydrogens is 252 g/mol. The van der Waals surface area contributed by atoms with Gasteiger partial charge >= 0.3 is 5.97 Å². The molecule has 0 atom stereocenters. The molecule has 0 unspecified atom stereocenters. The van der Waals surface area contributed by atoms with Crippen LogP contribution in [0.25, 0.3) is 10.9 Å². The topological polar surface area (TPSA) is 62.2 Å². The number of hydrogen-bond acceptors (Lipinski definition) is 3. The fourth-order valence-corrected chi connectivity index (χ4v) is 2.17. The van der Waals surface area contributed by atoms with Gasteiger partial charge in [0.25, 0.3) is 0 Å². The second kappa shape index (κ2) is 6.89. The van der Waals surface area contributed by atoms with E-state index in [4.69, 9.17) is 0 Å². The van der Waals surface area contributed by atoms with E-state index in [1.54, 1.807) is 6.07 Å². The first kappa shape index (κ1) is 14.3. The number of nitrogens with zero attached hydrogens (tertiary/aromatic N) is 1. The fraction of sp³-hybridized carbons (Fsp3) is 0.375. The molecule has 1 heterocycles. The Hall–Kier alpha value is -2.10. The molecule has 2 N–H and O–H groups in total. The molecule has 0 aliphatic heterocycles. The zero-order valence-corrected chi connectivity index (χ0v) is 11.7.